The number of carbonyl (C=O) groups is 1. The predicted octanol–water partition coefficient (Wildman–Crippen LogP) is 3.87. The molecule has 1 aromatic rings. The summed E-state index contributed by atoms with van der Waals surface area (Å²) in [6, 6.07) is 5.58. The third-order valence-corrected chi connectivity index (χ3v) is 4.47. The first kappa shape index (κ1) is 17.8. The summed E-state index contributed by atoms with van der Waals surface area (Å²) in [5.41, 5.74) is 6.28. The van der Waals surface area contributed by atoms with Gasteiger partial charge in [0.1, 0.15) is 0 Å². The Kier molecular flexibility index (Phi) is 7.30. The van der Waals surface area contributed by atoms with Crippen LogP contribution in [-0.2, 0) is 0 Å². The lowest BCUT2D eigenvalue weighted by Gasteiger charge is -2.36. The van der Waals surface area contributed by atoms with Crippen molar-refractivity contribution in [3.05, 3.63) is 33.3 Å². The molecule has 1 aliphatic heterocycles. The largest absolute Gasteiger partial charge is 0.336 e. The summed E-state index contributed by atoms with van der Waals surface area (Å²) in [5.74, 6) is 0.0486. The maximum Gasteiger partial charge on any atom is 0.255 e. The zero-order valence-corrected chi connectivity index (χ0v) is 14.3. The molecule has 1 aromatic carbocycles. The summed E-state index contributed by atoms with van der Waals surface area (Å²) in [5, 5.41) is 0.582. The van der Waals surface area contributed by atoms with E-state index in [4.69, 9.17) is 17.3 Å². The van der Waals surface area contributed by atoms with Crippen molar-refractivity contribution in [3.8, 4) is 0 Å². The van der Waals surface area contributed by atoms with Crippen LogP contribution in [0.5, 0.6) is 0 Å². The van der Waals surface area contributed by atoms with Crippen molar-refractivity contribution in [1.29, 1.82) is 0 Å². The van der Waals surface area contributed by atoms with E-state index in [1.807, 2.05) is 11.0 Å². The lowest BCUT2D eigenvalue weighted by atomic mass is 9.98. The molecule has 0 aromatic heterocycles. The predicted molar refractivity (Wildman–Crippen MR) is 88.7 cm³/mol. The number of benzene rings is 1. The van der Waals surface area contributed by atoms with Gasteiger partial charge in [-0.3, -0.25) is 4.79 Å². The molecule has 0 saturated carbocycles. The highest BCUT2D eigenvalue weighted by atomic mass is 79.9. The van der Waals surface area contributed by atoms with Gasteiger partial charge in [-0.05, 0) is 66.4 Å². The molecule has 0 bridgehead atoms. The van der Waals surface area contributed by atoms with Crippen LogP contribution in [0, 0.1) is 0 Å². The van der Waals surface area contributed by atoms with Crippen LogP contribution >= 0.6 is 39.9 Å². The Bertz CT molecular complexity index is 468. The Labute approximate surface area is 139 Å². The number of nitrogens with two attached hydrogens (primary N) is 1. The fourth-order valence-corrected chi connectivity index (χ4v) is 3.16. The summed E-state index contributed by atoms with van der Waals surface area (Å²) in [6.07, 6.45) is 4.14. The molecule has 1 unspecified atom stereocenters. The van der Waals surface area contributed by atoms with Gasteiger partial charge in [0.15, 0.2) is 0 Å². The molecule has 2 N–H and O–H groups in total. The number of hydrogen-bond donors (Lipinski definition) is 1. The van der Waals surface area contributed by atoms with Gasteiger partial charge in [-0.2, -0.15) is 0 Å². The Morgan fingerprint density at radius 2 is 2.20 bits per heavy atom. The number of amides is 1. The number of carbonyl (C=O) groups excluding carboxylic acids is 1. The van der Waals surface area contributed by atoms with Crippen LogP contribution in [0.3, 0.4) is 0 Å². The van der Waals surface area contributed by atoms with Crippen molar-refractivity contribution in [1.82, 2.24) is 4.90 Å². The lowest BCUT2D eigenvalue weighted by Crippen LogP contribution is -2.44. The van der Waals surface area contributed by atoms with Crippen molar-refractivity contribution >= 4 is 45.8 Å². The zero-order chi connectivity index (χ0) is 13.8. The van der Waals surface area contributed by atoms with Gasteiger partial charge in [0.25, 0.3) is 5.91 Å². The maximum atomic E-state index is 12.7. The topological polar surface area (TPSA) is 46.3 Å². The normalized spacial score (nSPS) is 18.6. The van der Waals surface area contributed by atoms with E-state index in [0.717, 1.165) is 30.3 Å². The van der Waals surface area contributed by atoms with Crippen LogP contribution in [-0.4, -0.2) is 29.9 Å². The molecule has 2 rings (SSSR count). The maximum absolute atomic E-state index is 12.7. The average molecular weight is 382 g/mol. The minimum absolute atomic E-state index is 0. The summed E-state index contributed by atoms with van der Waals surface area (Å²) in [6.45, 7) is 1.42. The second-order valence-electron chi connectivity index (χ2n) is 4.85. The first-order valence-corrected chi connectivity index (χ1v) is 7.76. The minimum atomic E-state index is 0. The highest BCUT2D eigenvalue weighted by Crippen LogP contribution is 2.26. The quantitative estimate of drug-likeness (QED) is 0.863. The molecule has 0 aliphatic carbocycles. The van der Waals surface area contributed by atoms with Gasteiger partial charge in [-0.25, -0.2) is 0 Å². The second-order valence-corrected chi connectivity index (χ2v) is 6.14. The number of likely N-dealkylation sites (tertiary alicyclic amines) is 1. The molecule has 0 radical (unpaired) electrons. The van der Waals surface area contributed by atoms with E-state index in [1.54, 1.807) is 12.1 Å². The monoisotopic (exact) mass is 380 g/mol. The number of halogens is 3. The standard InChI is InChI=1S/C14H18BrClN2O.ClH/c15-13-5-4-10(16)9-12(13)14(19)18-8-2-1-3-11(18)6-7-17;/h4-5,9,11H,1-3,6-8,17H2;1H. The molecule has 112 valence electrons. The molecule has 1 amide bonds. The molecule has 1 aliphatic rings. The SMILES string of the molecule is Cl.NCCC1CCCCN1C(=O)c1cc(Cl)ccc1Br. The van der Waals surface area contributed by atoms with Crippen molar-refractivity contribution < 1.29 is 4.79 Å². The molecule has 3 nitrogen and oxygen atoms in total. The third-order valence-electron chi connectivity index (χ3n) is 3.55. The molecule has 1 saturated heterocycles. The summed E-state index contributed by atoms with van der Waals surface area (Å²) >= 11 is 9.41. The molecule has 1 heterocycles. The first-order valence-electron chi connectivity index (χ1n) is 6.59. The molecule has 20 heavy (non-hydrogen) atoms. The van der Waals surface area contributed by atoms with Crippen molar-refractivity contribution in [3.63, 3.8) is 0 Å². The fraction of sp³-hybridized carbons (Fsp3) is 0.500. The molecule has 1 atom stereocenters. The molecular weight excluding hydrogens is 363 g/mol. The summed E-state index contributed by atoms with van der Waals surface area (Å²) in [4.78, 5) is 14.6. The van der Waals surface area contributed by atoms with Gasteiger partial charge in [0, 0.05) is 22.1 Å². The van der Waals surface area contributed by atoms with E-state index < -0.39 is 0 Å². The molecule has 1 fully saturated rings. The molecule has 6 heteroatoms. The Morgan fingerprint density at radius 3 is 2.90 bits per heavy atom. The van der Waals surface area contributed by atoms with Crippen molar-refractivity contribution in [2.75, 3.05) is 13.1 Å². The first-order chi connectivity index (χ1) is 9.13. The molecule has 0 spiro atoms. The van der Waals surface area contributed by atoms with Gasteiger partial charge in [0.2, 0.25) is 0 Å². The third kappa shape index (κ3) is 4.10. The average Bonchev–Trinajstić information content (AvgIpc) is 2.42. The van der Waals surface area contributed by atoms with Gasteiger partial charge < -0.3 is 10.6 Å². The van der Waals surface area contributed by atoms with Crippen LogP contribution in [0.1, 0.15) is 36.0 Å². The van der Waals surface area contributed by atoms with Gasteiger partial charge in [-0.1, -0.05) is 11.6 Å². The Morgan fingerprint density at radius 1 is 1.45 bits per heavy atom. The number of nitrogens with zero attached hydrogens (tertiary/aromatic N) is 1. The van der Waals surface area contributed by atoms with Crippen LogP contribution in [0.2, 0.25) is 5.02 Å². The highest BCUT2D eigenvalue weighted by Gasteiger charge is 2.27. The van der Waals surface area contributed by atoms with E-state index in [9.17, 15) is 4.79 Å². The van der Waals surface area contributed by atoms with E-state index >= 15 is 0 Å². The van der Waals surface area contributed by atoms with E-state index in [0.29, 0.717) is 17.1 Å². The van der Waals surface area contributed by atoms with Crippen LogP contribution in [0.4, 0.5) is 0 Å². The summed E-state index contributed by atoms with van der Waals surface area (Å²) in [7, 11) is 0. The van der Waals surface area contributed by atoms with Gasteiger partial charge in [0.05, 0.1) is 5.56 Å². The smallest absolute Gasteiger partial charge is 0.255 e. The second kappa shape index (κ2) is 8.23. The number of rotatable bonds is 3. The van der Waals surface area contributed by atoms with Crippen LogP contribution in [0.25, 0.3) is 0 Å². The van der Waals surface area contributed by atoms with Crippen molar-refractivity contribution in [2.24, 2.45) is 5.73 Å². The van der Waals surface area contributed by atoms with Gasteiger partial charge in [-0.15, -0.1) is 12.4 Å². The molecular formula is C14H19BrCl2N2O. The minimum Gasteiger partial charge on any atom is -0.336 e. The van der Waals surface area contributed by atoms with Gasteiger partial charge >= 0.3 is 0 Å². The van der Waals surface area contributed by atoms with E-state index in [2.05, 4.69) is 15.9 Å². The van der Waals surface area contributed by atoms with Crippen LogP contribution in [0.15, 0.2) is 22.7 Å². The number of piperidine rings is 1. The highest BCUT2D eigenvalue weighted by molar-refractivity contribution is 9.10. The van der Waals surface area contributed by atoms with Crippen LogP contribution < -0.4 is 5.73 Å². The van der Waals surface area contributed by atoms with Crippen molar-refractivity contribution in [2.45, 2.75) is 31.7 Å². The van der Waals surface area contributed by atoms with E-state index in [-0.39, 0.29) is 24.4 Å². The van der Waals surface area contributed by atoms with E-state index in [1.165, 1.54) is 6.42 Å². The summed E-state index contributed by atoms with van der Waals surface area (Å²) < 4.78 is 0.791. The zero-order valence-electron chi connectivity index (χ0n) is 11.1. The lowest BCUT2D eigenvalue weighted by molar-refractivity contribution is 0.0604. The number of hydrogen-bond acceptors (Lipinski definition) is 2. The fourth-order valence-electron chi connectivity index (χ4n) is 2.58. The Hall–Kier alpha value is -0.290. The Balaban J connectivity index is 0.00000200.